The second kappa shape index (κ2) is 5.00. The van der Waals surface area contributed by atoms with Gasteiger partial charge in [-0.25, -0.2) is 9.97 Å². The van der Waals surface area contributed by atoms with E-state index in [9.17, 15) is 0 Å². The van der Waals surface area contributed by atoms with Crippen LogP contribution in [0.2, 0.25) is 0 Å². The van der Waals surface area contributed by atoms with Crippen LogP contribution >= 0.6 is 11.3 Å². The van der Waals surface area contributed by atoms with Crippen LogP contribution in [0.15, 0.2) is 29.8 Å². The van der Waals surface area contributed by atoms with Crippen molar-refractivity contribution in [3.63, 3.8) is 0 Å². The molecule has 1 N–H and O–H groups in total. The molecule has 0 saturated heterocycles. The van der Waals surface area contributed by atoms with E-state index in [1.165, 1.54) is 0 Å². The van der Waals surface area contributed by atoms with Crippen molar-refractivity contribution in [3.8, 4) is 10.6 Å². The van der Waals surface area contributed by atoms with Crippen molar-refractivity contribution in [2.24, 2.45) is 0 Å². The standard InChI is InChI=1S/C11H12N2OS/c14-7-1-4-11-12-6-5-9(13-11)10-3-2-8-15-10/h2-3,5-6,8,14H,1,4,7H2. The van der Waals surface area contributed by atoms with Gasteiger partial charge in [0, 0.05) is 19.2 Å². The van der Waals surface area contributed by atoms with Gasteiger partial charge in [-0.05, 0) is 23.9 Å². The molecule has 15 heavy (non-hydrogen) atoms. The van der Waals surface area contributed by atoms with Crippen LogP contribution in [0.25, 0.3) is 10.6 Å². The van der Waals surface area contributed by atoms with Crippen molar-refractivity contribution in [1.29, 1.82) is 0 Å². The number of nitrogens with zero attached hydrogens (tertiary/aromatic N) is 2. The lowest BCUT2D eigenvalue weighted by Crippen LogP contribution is -1.97. The summed E-state index contributed by atoms with van der Waals surface area (Å²) in [5.74, 6) is 0.801. The van der Waals surface area contributed by atoms with E-state index >= 15 is 0 Å². The Bertz CT molecular complexity index is 414. The summed E-state index contributed by atoms with van der Waals surface area (Å²) >= 11 is 1.67. The van der Waals surface area contributed by atoms with Gasteiger partial charge in [-0.15, -0.1) is 11.3 Å². The highest BCUT2D eigenvalue weighted by molar-refractivity contribution is 7.13. The minimum atomic E-state index is 0.187. The molecule has 2 heterocycles. The number of aromatic nitrogens is 2. The molecule has 0 bridgehead atoms. The highest BCUT2D eigenvalue weighted by atomic mass is 32.1. The minimum absolute atomic E-state index is 0.187. The summed E-state index contributed by atoms with van der Waals surface area (Å²) in [4.78, 5) is 9.77. The van der Waals surface area contributed by atoms with Crippen LogP contribution in [0.4, 0.5) is 0 Å². The quantitative estimate of drug-likeness (QED) is 0.858. The first-order chi connectivity index (χ1) is 7.40. The lowest BCUT2D eigenvalue weighted by atomic mass is 10.3. The molecule has 0 fully saturated rings. The molecular weight excluding hydrogens is 208 g/mol. The number of aliphatic hydroxyl groups is 1. The van der Waals surface area contributed by atoms with E-state index in [0.29, 0.717) is 6.42 Å². The van der Waals surface area contributed by atoms with Gasteiger partial charge in [0.2, 0.25) is 0 Å². The summed E-state index contributed by atoms with van der Waals surface area (Å²) in [6.45, 7) is 0.187. The molecular formula is C11H12N2OS. The summed E-state index contributed by atoms with van der Waals surface area (Å²) < 4.78 is 0. The molecule has 2 rings (SSSR count). The van der Waals surface area contributed by atoms with Crippen LogP contribution in [-0.4, -0.2) is 21.7 Å². The molecule has 0 aliphatic rings. The van der Waals surface area contributed by atoms with E-state index in [1.54, 1.807) is 17.5 Å². The maximum absolute atomic E-state index is 8.73. The molecule has 3 nitrogen and oxygen atoms in total. The normalized spacial score (nSPS) is 10.5. The molecule has 0 saturated carbocycles. The van der Waals surface area contributed by atoms with Crippen molar-refractivity contribution < 1.29 is 5.11 Å². The van der Waals surface area contributed by atoms with Gasteiger partial charge in [0.15, 0.2) is 0 Å². The van der Waals surface area contributed by atoms with Gasteiger partial charge in [0.25, 0.3) is 0 Å². The third kappa shape index (κ3) is 2.61. The van der Waals surface area contributed by atoms with Crippen LogP contribution < -0.4 is 0 Å². The Morgan fingerprint density at radius 3 is 3.00 bits per heavy atom. The first-order valence-electron chi connectivity index (χ1n) is 4.87. The van der Waals surface area contributed by atoms with Crippen LogP contribution in [-0.2, 0) is 6.42 Å². The monoisotopic (exact) mass is 220 g/mol. The van der Waals surface area contributed by atoms with Crippen molar-refractivity contribution in [2.75, 3.05) is 6.61 Å². The van der Waals surface area contributed by atoms with Gasteiger partial charge < -0.3 is 5.11 Å². The first kappa shape index (κ1) is 10.3. The predicted molar refractivity (Wildman–Crippen MR) is 60.8 cm³/mol. The highest BCUT2D eigenvalue weighted by Gasteiger charge is 2.02. The summed E-state index contributed by atoms with van der Waals surface area (Å²) in [6.07, 6.45) is 3.22. The van der Waals surface area contributed by atoms with E-state index in [4.69, 9.17) is 5.11 Å². The number of thiophene rings is 1. The van der Waals surface area contributed by atoms with Gasteiger partial charge in [-0.2, -0.15) is 0 Å². The topological polar surface area (TPSA) is 46.0 Å². The molecule has 0 radical (unpaired) electrons. The Labute approximate surface area is 92.5 Å². The second-order valence-electron chi connectivity index (χ2n) is 3.16. The Morgan fingerprint density at radius 1 is 1.33 bits per heavy atom. The van der Waals surface area contributed by atoms with E-state index < -0.39 is 0 Å². The fourth-order valence-electron chi connectivity index (χ4n) is 1.32. The number of hydrogen-bond acceptors (Lipinski definition) is 4. The van der Waals surface area contributed by atoms with Crippen LogP contribution in [0.5, 0.6) is 0 Å². The van der Waals surface area contributed by atoms with E-state index in [2.05, 4.69) is 9.97 Å². The predicted octanol–water partition coefficient (Wildman–Crippen LogP) is 2.13. The lowest BCUT2D eigenvalue weighted by Gasteiger charge is -2.00. The Morgan fingerprint density at radius 2 is 2.27 bits per heavy atom. The van der Waals surface area contributed by atoms with Gasteiger partial charge in [-0.1, -0.05) is 6.07 Å². The van der Waals surface area contributed by atoms with Crippen molar-refractivity contribution in [3.05, 3.63) is 35.6 Å². The number of hydrogen-bond donors (Lipinski definition) is 1. The summed E-state index contributed by atoms with van der Waals surface area (Å²) in [5, 5.41) is 10.8. The molecule has 2 aromatic rings. The molecule has 0 aromatic carbocycles. The van der Waals surface area contributed by atoms with Crippen LogP contribution in [0.1, 0.15) is 12.2 Å². The molecule has 0 aliphatic heterocycles. The molecule has 0 amide bonds. The van der Waals surface area contributed by atoms with Gasteiger partial charge in [-0.3, -0.25) is 0 Å². The largest absolute Gasteiger partial charge is 0.396 e. The fourth-order valence-corrected chi connectivity index (χ4v) is 2.01. The maximum atomic E-state index is 8.73. The number of aliphatic hydroxyl groups excluding tert-OH is 1. The number of rotatable bonds is 4. The van der Waals surface area contributed by atoms with Crippen LogP contribution in [0, 0.1) is 0 Å². The van der Waals surface area contributed by atoms with Crippen LogP contribution in [0.3, 0.4) is 0 Å². The summed E-state index contributed by atoms with van der Waals surface area (Å²) in [7, 11) is 0. The Balaban J connectivity index is 2.19. The summed E-state index contributed by atoms with van der Waals surface area (Å²) in [5.41, 5.74) is 0.966. The van der Waals surface area contributed by atoms with E-state index in [1.807, 2.05) is 23.6 Å². The molecule has 78 valence electrons. The molecule has 0 atom stereocenters. The van der Waals surface area contributed by atoms with Gasteiger partial charge >= 0.3 is 0 Å². The first-order valence-corrected chi connectivity index (χ1v) is 5.75. The smallest absolute Gasteiger partial charge is 0.129 e. The third-order valence-electron chi connectivity index (χ3n) is 2.04. The van der Waals surface area contributed by atoms with Gasteiger partial charge in [0.1, 0.15) is 5.82 Å². The maximum Gasteiger partial charge on any atom is 0.129 e. The molecule has 4 heteroatoms. The SMILES string of the molecule is OCCCc1nccc(-c2cccs2)n1. The average Bonchev–Trinajstić information content (AvgIpc) is 2.80. The third-order valence-corrected chi connectivity index (χ3v) is 2.93. The Kier molecular flexibility index (Phi) is 3.42. The van der Waals surface area contributed by atoms with E-state index in [-0.39, 0.29) is 6.61 Å². The summed E-state index contributed by atoms with van der Waals surface area (Å²) in [6, 6.07) is 5.96. The van der Waals surface area contributed by atoms with Gasteiger partial charge in [0.05, 0.1) is 10.6 Å². The molecule has 2 aromatic heterocycles. The minimum Gasteiger partial charge on any atom is -0.396 e. The number of aryl methyl sites for hydroxylation is 1. The zero-order chi connectivity index (χ0) is 10.5. The zero-order valence-corrected chi connectivity index (χ0v) is 9.07. The van der Waals surface area contributed by atoms with Crippen molar-refractivity contribution in [2.45, 2.75) is 12.8 Å². The van der Waals surface area contributed by atoms with Crippen molar-refractivity contribution >= 4 is 11.3 Å². The Hall–Kier alpha value is -1.26. The molecule has 0 spiro atoms. The molecule has 0 unspecified atom stereocenters. The van der Waals surface area contributed by atoms with Crippen molar-refractivity contribution in [1.82, 2.24) is 9.97 Å². The second-order valence-corrected chi connectivity index (χ2v) is 4.11. The van der Waals surface area contributed by atoms with E-state index in [0.717, 1.165) is 22.8 Å². The highest BCUT2D eigenvalue weighted by Crippen LogP contribution is 2.21. The average molecular weight is 220 g/mol. The molecule has 0 aliphatic carbocycles. The zero-order valence-electron chi connectivity index (χ0n) is 8.26. The fraction of sp³-hybridized carbons (Fsp3) is 0.273. The lowest BCUT2D eigenvalue weighted by molar-refractivity contribution is 0.287.